The Balaban J connectivity index is 1.68. The van der Waals surface area contributed by atoms with Crippen LogP contribution in [0.4, 0.5) is 0 Å². The summed E-state index contributed by atoms with van der Waals surface area (Å²) < 4.78 is 28.1. The van der Waals surface area contributed by atoms with Crippen LogP contribution in [0.2, 0.25) is 0 Å². The normalized spacial score (nSPS) is 11.9. The summed E-state index contributed by atoms with van der Waals surface area (Å²) in [6.45, 7) is 0.143. The summed E-state index contributed by atoms with van der Waals surface area (Å²) in [5.74, 6) is -0.451. The van der Waals surface area contributed by atoms with E-state index in [-0.39, 0.29) is 17.1 Å². The van der Waals surface area contributed by atoms with Crippen LogP contribution in [0, 0.1) is 0 Å². The largest absolute Gasteiger partial charge is 0.478 e. The molecule has 0 saturated heterocycles. The molecule has 0 saturated carbocycles. The highest BCUT2D eigenvalue weighted by atomic mass is 32.2. The van der Waals surface area contributed by atoms with Gasteiger partial charge in [-0.1, -0.05) is 0 Å². The van der Waals surface area contributed by atoms with Crippen molar-refractivity contribution in [3.63, 3.8) is 0 Å². The zero-order valence-electron chi connectivity index (χ0n) is 12.7. The molecule has 0 amide bonds. The Morgan fingerprint density at radius 3 is 2.88 bits per heavy atom. The molecule has 24 heavy (non-hydrogen) atoms. The van der Waals surface area contributed by atoms with Crippen molar-refractivity contribution in [2.24, 2.45) is 7.05 Å². The number of fused-ring (bicyclic) bond motifs is 1. The first-order valence-corrected chi connectivity index (χ1v) is 8.53. The minimum atomic E-state index is -3.66. The second kappa shape index (κ2) is 6.06. The third-order valence-corrected chi connectivity index (χ3v) is 4.73. The van der Waals surface area contributed by atoms with Gasteiger partial charge in [-0.3, -0.25) is 0 Å². The number of rotatable bonds is 6. The van der Waals surface area contributed by atoms with Gasteiger partial charge in [0.2, 0.25) is 0 Å². The lowest BCUT2D eigenvalue weighted by Gasteiger charge is -2.02. The molecule has 0 aliphatic heterocycles. The van der Waals surface area contributed by atoms with E-state index in [1.807, 2.05) is 0 Å². The van der Waals surface area contributed by atoms with Crippen LogP contribution in [-0.2, 0) is 23.5 Å². The Bertz CT molecular complexity index is 1010. The number of aromatic amines is 1. The van der Waals surface area contributed by atoms with Gasteiger partial charge in [0.05, 0.1) is 22.9 Å². The average Bonchev–Trinajstić information content (AvgIpc) is 3.12. The van der Waals surface area contributed by atoms with E-state index < -0.39 is 16.0 Å². The van der Waals surface area contributed by atoms with Gasteiger partial charge in [-0.2, -0.15) is 0 Å². The Morgan fingerprint density at radius 1 is 1.42 bits per heavy atom. The summed E-state index contributed by atoms with van der Waals surface area (Å²) in [7, 11) is -1.97. The number of hydrogen-bond donors (Lipinski definition) is 3. The maximum atomic E-state index is 12.0. The first-order chi connectivity index (χ1) is 11.3. The number of aromatic carboxylic acids is 1. The molecule has 3 aromatic rings. The van der Waals surface area contributed by atoms with E-state index in [1.54, 1.807) is 17.7 Å². The summed E-state index contributed by atoms with van der Waals surface area (Å²) in [5, 5.41) is 8.93. The predicted molar refractivity (Wildman–Crippen MR) is 85.2 cm³/mol. The van der Waals surface area contributed by atoms with E-state index in [0.29, 0.717) is 23.3 Å². The number of carbonyl (C=O) groups is 1. The van der Waals surface area contributed by atoms with Gasteiger partial charge in [-0.15, -0.1) is 0 Å². The van der Waals surface area contributed by atoms with Gasteiger partial charge < -0.3 is 14.7 Å². The SMILES string of the molecule is Cn1cnc(S(=O)(=O)NCCc2nc3ccc(C(=O)O)cc3[nH]2)c1. The fraction of sp³-hybridized carbons (Fsp3) is 0.214. The van der Waals surface area contributed by atoms with Crippen molar-refractivity contribution in [2.75, 3.05) is 6.54 Å². The highest BCUT2D eigenvalue weighted by Gasteiger charge is 2.16. The van der Waals surface area contributed by atoms with Crippen LogP contribution in [0.3, 0.4) is 0 Å². The number of aromatic nitrogens is 4. The molecule has 0 bridgehead atoms. The Kier molecular flexibility index (Phi) is 4.08. The molecule has 0 aliphatic carbocycles. The molecule has 1 aromatic carbocycles. The van der Waals surface area contributed by atoms with Crippen molar-refractivity contribution in [1.82, 2.24) is 24.2 Å². The topological polar surface area (TPSA) is 130 Å². The van der Waals surface area contributed by atoms with Crippen molar-refractivity contribution in [3.8, 4) is 0 Å². The van der Waals surface area contributed by atoms with Gasteiger partial charge >= 0.3 is 5.97 Å². The zero-order chi connectivity index (χ0) is 17.3. The summed E-state index contributed by atoms with van der Waals surface area (Å²) in [5.41, 5.74) is 1.38. The molecule has 3 N–H and O–H groups in total. The Hall–Kier alpha value is -2.72. The van der Waals surface area contributed by atoms with Crippen LogP contribution in [0.1, 0.15) is 16.2 Å². The molecule has 3 rings (SSSR count). The number of carboxylic acids is 1. The quantitative estimate of drug-likeness (QED) is 0.595. The lowest BCUT2D eigenvalue weighted by Crippen LogP contribution is -2.26. The van der Waals surface area contributed by atoms with Crippen LogP contribution in [0.5, 0.6) is 0 Å². The summed E-state index contributed by atoms with van der Waals surface area (Å²) in [4.78, 5) is 22.1. The lowest BCUT2D eigenvalue weighted by atomic mass is 10.2. The van der Waals surface area contributed by atoms with Crippen molar-refractivity contribution < 1.29 is 18.3 Å². The smallest absolute Gasteiger partial charge is 0.335 e. The fourth-order valence-corrected chi connectivity index (χ4v) is 3.23. The third-order valence-electron chi connectivity index (χ3n) is 3.39. The molecule has 0 unspecified atom stereocenters. The van der Waals surface area contributed by atoms with Gasteiger partial charge in [0, 0.05) is 26.2 Å². The van der Waals surface area contributed by atoms with Gasteiger partial charge in [-0.25, -0.2) is 27.9 Å². The van der Waals surface area contributed by atoms with Crippen LogP contribution in [-0.4, -0.2) is 45.6 Å². The third kappa shape index (κ3) is 3.29. The second-order valence-electron chi connectivity index (χ2n) is 5.25. The van der Waals surface area contributed by atoms with E-state index in [1.165, 1.54) is 24.7 Å². The number of nitrogens with one attached hydrogen (secondary N) is 2. The van der Waals surface area contributed by atoms with Gasteiger partial charge in [0.25, 0.3) is 10.0 Å². The molecular weight excluding hydrogens is 334 g/mol. The van der Waals surface area contributed by atoms with E-state index in [4.69, 9.17) is 5.11 Å². The predicted octanol–water partition coefficient (Wildman–Crippen LogP) is 0.516. The van der Waals surface area contributed by atoms with Gasteiger partial charge in [0.1, 0.15) is 5.82 Å². The number of carboxylic acid groups (broad SMARTS) is 1. The molecular formula is C14H15N5O4S. The first kappa shape index (κ1) is 16.1. The van der Waals surface area contributed by atoms with Crippen molar-refractivity contribution >= 4 is 27.0 Å². The minimum absolute atomic E-state index is 0.0410. The maximum absolute atomic E-state index is 12.0. The number of sulfonamides is 1. The molecule has 0 atom stereocenters. The molecule has 2 aromatic heterocycles. The first-order valence-electron chi connectivity index (χ1n) is 7.05. The highest BCUT2D eigenvalue weighted by Crippen LogP contribution is 2.14. The van der Waals surface area contributed by atoms with Gasteiger partial charge in [-0.05, 0) is 18.2 Å². The molecule has 0 aliphatic rings. The summed E-state index contributed by atoms with van der Waals surface area (Å²) in [6.07, 6.45) is 3.16. The zero-order valence-corrected chi connectivity index (χ0v) is 13.5. The van der Waals surface area contributed by atoms with Crippen molar-refractivity contribution in [3.05, 3.63) is 42.1 Å². The highest BCUT2D eigenvalue weighted by molar-refractivity contribution is 7.89. The number of aryl methyl sites for hydroxylation is 1. The van der Waals surface area contributed by atoms with Crippen LogP contribution in [0.25, 0.3) is 11.0 Å². The van der Waals surface area contributed by atoms with Crippen LogP contribution >= 0.6 is 0 Å². The number of hydrogen-bond acceptors (Lipinski definition) is 5. The van der Waals surface area contributed by atoms with Crippen LogP contribution < -0.4 is 4.72 Å². The monoisotopic (exact) mass is 349 g/mol. The van der Waals surface area contributed by atoms with Crippen molar-refractivity contribution in [2.45, 2.75) is 11.4 Å². The number of H-pyrrole nitrogens is 1. The summed E-state index contributed by atoms with van der Waals surface area (Å²) >= 11 is 0. The molecule has 9 nitrogen and oxygen atoms in total. The standard InChI is InChI=1S/C14H15N5O4S/c1-19-7-13(15-8-19)24(22,23)16-5-4-12-17-10-3-2-9(14(20)21)6-11(10)18-12/h2-3,6-8,16H,4-5H2,1H3,(H,17,18)(H,20,21). The molecule has 126 valence electrons. The van der Waals surface area contributed by atoms with E-state index in [2.05, 4.69) is 19.7 Å². The number of imidazole rings is 2. The molecule has 0 spiro atoms. The van der Waals surface area contributed by atoms with Crippen LogP contribution in [0.15, 0.2) is 35.7 Å². The Morgan fingerprint density at radius 2 is 2.21 bits per heavy atom. The summed E-state index contributed by atoms with van der Waals surface area (Å²) in [6, 6.07) is 4.57. The molecule has 2 heterocycles. The van der Waals surface area contributed by atoms with Gasteiger partial charge in [0.15, 0.2) is 5.03 Å². The lowest BCUT2D eigenvalue weighted by molar-refractivity contribution is 0.0697. The van der Waals surface area contributed by atoms with E-state index in [0.717, 1.165) is 0 Å². The van der Waals surface area contributed by atoms with Crippen molar-refractivity contribution in [1.29, 1.82) is 0 Å². The molecule has 0 radical (unpaired) electrons. The fourth-order valence-electron chi connectivity index (χ4n) is 2.22. The van der Waals surface area contributed by atoms with E-state index in [9.17, 15) is 13.2 Å². The minimum Gasteiger partial charge on any atom is -0.478 e. The number of benzene rings is 1. The molecule has 0 fully saturated rings. The maximum Gasteiger partial charge on any atom is 0.335 e. The number of nitrogens with zero attached hydrogens (tertiary/aromatic N) is 3. The second-order valence-corrected chi connectivity index (χ2v) is 6.96. The Labute approximate surface area is 137 Å². The molecule has 10 heteroatoms. The average molecular weight is 349 g/mol. The van der Waals surface area contributed by atoms with E-state index >= 15 is 0 Å².